The Hall–Kier alpha value is 0.294. The zero-order valence-corrected chi connectivity index (χ0v) is 10.6. The monoisotopic (exact) mass is 160 g/mol. The summed E-state index contributed by atoms with van der Waals surface area (Å²) < 4.78 is 0. The van der Waals surface area contributed by atoms with Crippen molar-refractivity contribution in [1.82, 2.24) is 0 Å². The third-order valence-electron chi connectivity index (χ3n) is 2.70. The topological polar surface area (TPSA) is 0 Å². The van der Waals surface area contributed by atoms with Gasteiger partial charge in [-0.05, 0) is 31.4 Å². The van der Waals surface area contributed by atoms with Crippen LogP contribution in [0, 0.1) is 0 Å². The van der Waals surface area contributed by atoms with Crippen LogP contribution >= 0.6 is 0 Å². The van der Waals surface area contributed by atoms with Crippen molar-refractivity contribution in [2.75, 3.05) is 0 Å². The predicted molar refractivity (Wildman–Crippen MR) is 51.5 cm³/mol. The van der Waals surface area contributed by atoms with Crippen LogP contribution < -0.4 is 18.9 Å². The van der Waals surface area contributed by atoms with Gasteiger partial charge in [0, 0.05) is 10.2 Å². The molecule has 11 heavy (non-hydrogen) atoms. The first-order chi connectivity index (χ1) is 4.45. The summed E-state index contributed by atoms with van der Waals surface area (Å²) >= 11 is 0. The first-order valence-corrected chi connectivity index (χ1v) is 4.83. The van der Waals surface area contributed by atoms with Gasteiger partial charge in [0.1, 0.15) is 0 Å². The second-order valence-corrected chi connectivity index (χ2v) is 5.88. The van der Waals surface area contributed by atoms with Crippen molar-refractivity contribution in [2.24, 2.45) is 0 Å². The van der Waals surface area contributed by atoms with Gasteiger partial charge >= 0.3 is 18.9 Å². The quantitative estimate of drug-likeness (QED) is 0.396. The van der Waals surface area contributed by atoms with E-state index in [0.29, 0.717) is 5.04 Å². The van der Waals surface area contributed by atoms with Crippen molar-refractivity contribution in [2.45, 2.75) is 32.7 Å². The van der Waals surface area contributed by atoms with Gasteiger partial charge < -0.3 is 1.43 Å². The van der Waals surface area contributed by atoms with Crippen LogP contribution in [-0.4, -0.2) is 10.2 Å². The molecule has 58 valence electrons. The molecule has 0 saturated heterocycles. The standard InChI is InChI=1S/C9H16Si.Li.H/c1-6-5-9(4,10)8(3)7(6)2;;/h5H,1-4,10H3;;/q;+1;-1. The van der Waals surface area contributed by atoms with Crippen LogP contribution in [0.15, 0.2) is 22.8 Å². The summed E-state index contributed by atoms with van der Waals surface area (Å²) in [6.45, 7) is 9.02. The maximum absolute atomic E-state index is 2.41. The minimum absolute atomic E-state index is 0. The molecule has 0 aromatic rings. The molecule has 0 N–H and O–H groups in total. The Balaban J connectivity index is 0. The van der Waals surface area contributed by atoms with Gasteiger partial charge in [0.15, 0.2) is 0 Å². The van der Waals surface area contributed by atoms with E-state index < -0.39 is 0 Å². The molecule has 0 aliphatic heterocycles. The summed E-state index contributed by atoms with van der Waals surface area (Å²) in [6, 6.07) is 0. The molecule has 0 heterocycles. The molecular weight excluding hydrogens is 143 g/mol. The van der Waals surface area contributed by atoms with E-state index in [0.717, 1.165) is 0 Å². The first kappa shape index (κ1) is 11.3. The molecule has 1 atom stereocenters. The zero-order chi connectivity index (χ0) is 7.94. The second-order valence-electron chi connectivity index (χ2n) is 3.80. The van der Waals surface area contributed by atoms with Gasteiger partial charge in [-0.1, -0.05) is 24.1 Å². The maximum atomic E-state index is 2.41. The molecule has 0 aromatic heterocycles. The molecular formula is C9H17LiSi. The number of rotatable bonds is 0. The van der Waals surface area contributed by atoms with Crippen LogP contribution in [0.4, 0.5) is 0 Å². The Morgan fingerprint density at radius 3 is 1.91 bits per heavy atom. The van der Waals surface area contributed by atoms with Gasteiger partial charge in [-0.2, -0.15) is 0 Å². The molecule has 0 aromatic carbocycles. The molecule has 0 bridgehead atoms. The number of hydrogen-bond donors (Lipinski definition) is 0. The van der Waals surface area contributed by atoms with Crippen molar-refractivity contribution >= 4 is 10.2 Å². The molecule has 1 aliphatic rings. The molecule has 2 heteroatoms. The summed E-state index contributed by atoms with van der Waals surface area (Å²) in [5.41, 5.74) is 4.57. The van der Waals surface area contributed by atoms with E-state index in [1.54, 1.807) is 5.57 Å². The summed E-state index contributed by atoms with van der Waals surface area (Å²) in [4.78, 5) is 0. The van der Waals surface area contributed by atoms with Crippen LogP contribution in [0.25, 0.3) is 0 Å². The van der Waals surface area contributed by atoms with Crippen molar-refractivity contribution in [1.29, 1.82) is 0 Å². The Bertz CT molecular complexity index is 229. The number of hydrogen-bond acceptors (Lipinski definition) is 0. The molecule has 0 nitrogen and oxygen atoms in total. The van der Waals surface area contributed by atoms with Crippen molar-refractivity contribution in [3.63, 3.8) is 0 Å². The third-order valence-corrected chi connectivity index (χ3v) is 3.74. The molecule has 1 rings (SSSR count). The predicted octanol–water partition coefficient (Wildman–Crippen LogP) is -1.06. The van der Waals surface area contributed by atoms with Gasteiger partial charge in [0.2, 0.25) is 0 Å². The average Bonchev–Trinajstić information content (AvgIpc) is 1.95. The van der Waals surface area contributed by atoms with Crippen LogP contribution in [0.2, 0.25) is 5.04 Å². The van der Waals surface area contributed by atoms with Crippen LogP contribution in [0.3, 0.4) is 0 Å². The van der Waals surface area contributed by atoms with Gasteiger partial charge in [0.25, 0.3) is 0 Å². The summed E-state index contributed by atoms with van der Waals surface area (Å²) in [5.74, 6) is 0. The van der Waals surface area contributed by atoms with E-state index in [2.05, 4.69) is 33.8 Å². The van der Waals surface area contributed by atoms with E-state index in [4.69, 9.17) is 0 Å². The van der Waals surface area contributed by atoms with Gasteiger partial charge in [-0.25, -0.2) is 0 Å². The SMILES string of the molecule is CC1=CC(C)([SiH3])C(C)=C1C.[H-].[Li+]. The Kier molecular flexibility index (Phi) is 3.44. The third kappa shape index (κ3) is 1.90. The van der Waals surface area contributed by atoms with Crippen molar-refractivity contribution in [3.05, 3.63) is 22.8 Å². The molecule has 0 saturated carbocycles. The average molecular weight is 160 g/mol. The van der Waals surface area contributed by atoms with Crippen molar-refractivity contribution in [3.8, 4) is 0 Å². The van der Waals surface area contributed by atoms with E-state index in [1.807, 2.05) is 0 Å². The fourth-order valence-corrected chi connectivity index (χ4v) is 2.34. The van der Waals surface area contributed by atoms with Gasteiger partial charge in [-0.15, -0.1) is 0 Å². The Labute approximate surface area is 86.2 Å². The van der Waals surface area contributed by atoms with Crippen LogP contribution in [0.5, 0.6) is 0 Å². The minimum Gasteiger partial charge on any atom is -1.00 e. The maximum Gasteiger partial charge on any atom is 1.00 e. The molecule has 1 unspecified atom stereocenters. The second kappa shape index (κ2) is 3.35. The molecule has 0 amide bonds. The van der Waals surface area contributed by atoms with Gasteiger partial charge in [0.05, 0.1) is 0 Å². The summed E-state index contributed by atoms with van der Waals surface area (Å²) in [7, 11) is 1.24. The zero-order valence-electron chi connectivity index (χ0n) is 9.58. The fourth-order valence-electron chi connectivity index (χ4n) is 1.54. The van der Waals surface area contributed by atoms with Crippen molar-refractivity contribution < 1.29 is 20.3 Å². The normalized spacial score (nSPS) is 30.4. The largest absolute Gasteiger partial charge is 1.00 e. The fraction of sp³-hybridized carbons (Fsp3) is 0.556. The van der Waals surface area contributed by atoms with Crippen LogP contribution in [-0.2, 0) is 0 Å². The summed E-state index contributed by atoms with van der Waals surface area (Å²) in [5, 5.41) is 0.453. The Morgan fingerprint density at radius 2 is 1.82 bits per heavy atom. The number of allylic oxidation sites excluding steroid dienone is 4. The molecule has 1 aliphatic carbocycles. The van der Waals surface area contributed by atoms with E-state index in [1.165, 1.54) is 21.4 Å². The van der Waals surface area contributed by atoms with E-state index >= 15 is 0 Å². The smallest absolute Gasteiger partial charge is 1.00 e. The summed E-state index contributed by atoms with van der Waals surface area (Å²) in [6.07, 6.45) is 2.41. The minimum atomic E-state index is 0. The molecule has 0 radical (unpaired) electrons. The van der Waals surface area contributed by atoms with Gasteiger partial charge in [-0.3, -0.25) is 0 Å². The Morgan fingerprint density at radius 1 is 1.36 bits per heavy atom. The first-order valence-electron chi connectivity index (χ1n) is 3.83. The van der Waals surface area contributed by atoms with E-state index in [-0.39, 0.29) is 20.3 Å². The van der Waals surface area contributed by atoms with Crippen LogP contribution in [0.1, 0.15) is 29.1 Å². The van der Waals surface area contributed by atoms with E-state index in [9.17, 15) is 0 Å². The molecule has 0 spiro atoms. The molecule has 0 fully saturated rings.